The summed E-state index contributed by atoms with van der Waals surface area (Å²) in [6.07, 6.45) is 3.62. The fourth-order valence-electron chi connectivity index (χ4n) is 3.41. The molecule has 0 atom stereocenters. The average molecular weight is 416 g/mol. The third kappa shape index (κ3) is 3.51. The number of hydrogen-bond acceptors (Lipinski definition) is 4. The number of hydrogen-bond donors (Lipinski definition) is 4. The van der Waals surface area contributed by atoms with Gasteiger partial charge in [-0.2, -0.15) is 0 Å². The van der Waals surface area contributed by atoms with E-state index in [1.54, 1.807) is 18.3 Å². The van der Waals surface area contributed by atoms with Gasteiger partial charge in [-0.05, 0) is 30.5 Å². The molecule has 3 aromatic heterocycles. The van der Waals surface area contributed by atoms with Crippen molar-refractivity contribution in [2.75, 3.05) is 5.32 Å². The molecule has 150 valence electrons. The van der Waals surface area contributed by atoms with E-state index in [9.17, 15) is 14.0 Å². The number of H-pyrrole nitrogens is 3. The lowest BCUT2D eigenvalue weighted by Crippen LogP contribution is -2.17. The van der Waals surface area contributed by atoms with Gasteiger partial charge in [0.2, 0.25) is 0 Å². The zero-order chi connectivity index (χ0) is 20.7. The minimum atomic E-state index is -0.397. The molecule has 0 amide bonds. The molecule has 9 heteroatoms. The van der Waals surface area contributed by atoms with Crippen LogP contribution in [0.1, 0.15) is 43.9 Å². The number of halogens is 2. The lowest BCUT2D eigenvalue weighted by molar-refractivity contribution is 0.590. The molecule has 29 heavy (non-hydrogen) atoms. The van der Waals surface area contributed by atoms with Crippen LogP contribution in [0.3, 0.4) is 0 Å². The van der Waals surface area contributed by atoms with E-state index in [4.69, 9.17) is 11.6 Å². The number of allylic oxidation sites excluding steroid dienone is 4. The zero-order valence-electron chi connectivity index (χ0n) is 15.8. The van der Waals surface area contributed by atoms with Gasteiger partial charge in [0.15, 0.2) is 5.65 Å². The van der Waals surface area contributed by atoms with E-state index in [1.165, 1.54) is 6.08 Å². The van der Waals surface area contributed by atoms with Gasteiger partial charge in [-0.15, -0.1) is 0 Å². The zero-order valence-corrected chi connectivity index (χ0v) is 16.6. The molecule has 1 aliphatic rings. The van der Waals surface area contributed by atoms with Gasteiger partial charge in [-0.25, -0.2) is 9.37 Å². The fourth-order valence-corrected chi connectivity index (χ4v) is 3.62. The number of aromatic amines is 3. The maximum atomic E-state index is 14.5. The van der Waals surface area contributed by atoms with E-state index in [0.29, 0.717) is 39.6 Å². The van der Waals surface area contributed by atoms with Crippen LogP contribution in [0.25, 0.3) is 16.6 Å². The Labute approximate surface area is 169 Å². The molecule has 4 rings (SSSR count). The molecule has 1 aliphatic carbocycles. The number of aromatic nitrogens is 4. The number of nitrogens with one attached hydrogen (secondary N) is 4. The van der Waals surface area contributed by atoms with Crippen molar-refractivity contribution in [3.8, 4) is 0 Å². The topological polar surface area (TPSA) is 106 Å². The monoisotopic (exact) mass is 415 g/mol. The molecule has 0 aliphatic heterocycles. The maximum Gasteiger partial charge on any atom is 0.275 e. The van der Waals surface area contributed by atoms with Gasteiger partial charge in [-0.1, -0.05) is 25.4 Å². The smallest absolute Gasteiger partial charge is 0.275 e. The van der Waals surface area contributed by atoms with Crippen LogP contribution in [0.15, 0.2) is 44.9 Å². The van der Waals surface area contributed by atoms with Crippen LogP contribution < -0.4 is 16.4 Å². The highest BCUT2D eigenvalue weighted by atomic mass is 35.5. The van der Waals surface area contributed by atoms with Gasteiger partial charge in [-0.3, -0.25) is 19.8 Å². The Kier molecular flexibility index (Phi) is 4.87. The maximum absolute atomic E-state index is 14.5. The molecule has 0 radical (unpaired) electrons. The van der Waals surface area contributed by atoms with E-state index >= 15 is 0 Å². The summed E-state index contributed by atoms with van der Waals surface area (Å²) < 4.78 is 14.5. The summed E-state index contributed by atoms with van der Waals surface area (Å²) in [5.41, 5.74) is 1.78. The average Bonchev–Trinajstić information content (AvgIpc) is 3.07. The molecule has 0 spiro atoms. The molecule has 0 fully saturated rings. The number of fused-ring (bicyclic) bond motifs is 1. The summed E-state index contributed by atoms with van der Waals surface area (Å²) in [7, 11) is 0. The van der Waals surface area contributed by atoms with Gasteiger partial charge < -0.3 is 10.3 Å². The highest BCUT2D eigenvalue weighted by molar-refractivity contribution is 6.30. The number of anilines is 2. The van der Waals surface area contributed by atoms with Crippen molar-refractivity contribution < 1.29 is 4.39 Å². The first-order chi connectivity index (χ1) is 13.8. The summed E-state index contributed by atoms with van der Waals surface area (Å²) in [5.74, 6) is -0.401. The van der Waals surface area contributed by atoms with E-state index in [1.807, 2.05) is 13.8 Å². The summed E-state index contributed by atoms with van der Waals surface area (Å²) >= 11 is 6.08. The minimum absolute atomic E-state index is 0.0228. The van der Waals surface area contributed by atoms with Crippen molar-refractivity contribution in [3.05, 3.63) is 67.2 Å². The molecular weight excluding hydrogens is 397 g/mol. The van der Waals surface area contributed by atoms with E-state index < -0.39 is 5.56 Å². The normalized spacial score (nSPS) is 14.6. The number of rotatable bonds is 4. The first-order valence-electron chi connectivity index (χ1n) is 9.20. The summed E-state index contributed by atoms with van der Waals surface area (Å²) in [6.45, 7) is 3.86. The Balaban J connectivity index is 1.89. The van der Waals surface area contributed by atoms with Crippen LogP contribution in [0.5, 0.6) is 0 Å². The van der Waals surface area contributed by atoms with Crippen molar-refractivity contribution in [3.63, 3.8) is 0 Å². The molecule has 4 N–H and O–H groups in total. The highest BCUT2D eigenvalue weighted by Gasteiger charge is 2.20. The van der Waals surface area contributed by atoms with Crippen LogP contribution in [-0.4, -0.2) is 20.2 Å². The van der Waals surface area contributed by atoms with Crippen LogP contribution in [0.4, 0.5) is 15.8 Å². The molecule has 3 aromatic rings. The minimum Gasteiger partial charge on any atom is -0.353 e. The first kappa shape index (κ1) is 19.2. The van der Waals surface area contributed by atoms with Gasteiger partial charge in [0.25, 0.3) is 11.1 Å². The molecule has 3 heterocycles. The van der Waals surface area contributed by atoms with Gasteiger partial charge >= 0.3 is 0 Å². The third-order valence-corrected chi connectivity index (χ3v) is 5.16. The Morgan fingerprint density at radius 3 is 2.72 bits per heavy atom. The van der Waals surface area contributed by atoms with Crippen LogP contribution in [0.2, 0.25) is 0 Å². The quantitative estimate of drug-likeness (QED) is 0.506. The second-order valence-corrected chi connectivity index (χ2v) is 7.68. The van der Waals surface area contributed by atoms with Crippen molar-refractivity contribution >= 4 is 39.6 Å². The SMILES string of the molecule is CC(C)c1[nH]c(=O)c(C2=C(F)CCC(Cl)=C2)cc1Nc1ccnc2[nH][nH]c(=O)c12. The molecular formula is C20H19ClFN5O2. The summed E-state index contributed by atoms with van der Waals surface area (Å²) in [5, 5.41) is 9.28. The van der Waals surface area contributed by atoms with Crippen molar-refractivity contribution in [1.82, 2.24) is 20.2 Å². The van der Waals surface area contributed by atoms with Gasteiger partial charge in [0.1, 0.15) is 11.2 Å². The van der Waals surface area contributed by atoms with Crippen molar-refractivity contribution in [1.29, 1.82) is 0 Å². The van der Waals surface area contributed by atoms with Crippen molar-refractivity contribution in [2.24, 2.45) is 0 Å². The predicted molar refractivity (Wildman–Crippen MR) is 112 cm³/mol. The molecule has 0 saturated heterocycles. The second kappa shape index (κ2) is 7.36. The Morgan fingerprint density at radius 2 is 1.97 bits per heavy atom. The molecule has 0 bridgehead atoms. The fraction of sp³-hybridized carbons (Fsp3) is 0.250. The second-order valence-electron chi connectivity index (χ2n) is 7.19. The molecule has 0 aromatic carbocycles. The molecule has 0 unspecified atom stereocenters. The van der Waals surface area contributed by atoms with Crippen LogP contribution in [0, 0.1) is 0 Å². The van der Waals surface area contributed by atoms with Crippen molar-refractivity contribution in [2.45, 2.75) is 32.6 Å². The Morgan fingerprint density at radius 1 is 1.17 bits per heavy atom. The summed E-state index contributed by atoms with van der Waals surface area (Å²) in [6, 6.07) is 3.26. The first-order valence-corrected chi connectivity index (χ1v) is 9.57. The standard InChI is InChI=1S/C20H19ClFN5O2/c1-9(2)17-15(24-14-5-6-23-18-16(14)20(29)27-26-18)8-12(19(28)25-17)11-7-10(21)3-4-13(11)22/h5-9H,3-4H2,1-2H3,(H,25,28)(H3,23,24,26,27,29). The third-order valence-electron chi connectivity index (χ3n) is 4.86. The van der Waals surface area contributed by atoms with Gasteiger partial charge in [0, 0.05) is 28.9 Å². The largest absolute Gasteiger partial charge is 0.353 e. The van der Waals surface area contributed by atoms with E-state index in [2.05, 4.69) is 25.5 Å². The van der Waals surface area contributed by atoms with E-state index in [0.717, 1.165) is 0 Å². The lowest BCUT2D eigenvalue weighted by atomic mass is 9.97. The number of nitrogens with zero attached hydrogens (tertiary/aromatic N) is 1. The van der Waals surface area contributed by atoms with Crippen LogP contribution in [-0.2, 0) is 0 Å². The summed E-state index contributed by atoms with van der Waals surface area (Å²) in [4.78, 5) is 31.8. The number of pyridine rings is 2. The highest BCUT2D eigenvalue weighted by Crippen LogP contribution is 2.34. The van der Waals surface area contributed by atoms with Crippen LogP contribution >= 0.6 is 11.6 Å². The molecule has 0 saturated carbocycles. The Bertz CT molecular complexity index is 1280. The van der Waals surface area contributed by atoms with E-state index in [-0.39, 0.29) is 34.9 Å². The Hall–Kier alpha value is -3.13. The lowest BCUT2D eigenvalue weighted by Gasteiger charge is -2.18. The molecule has 7 nitrogen and oxygen atoms in total. The van der Waals surface area contributed by atoms with Gasteiger partial charge in [0.05, 0.1) is 16.9 Å². The predicted octanol–water partition coefficient (Wildman–Crippen LogP) is 4.40.